The van der Waals surface area contributed by atoms with Gasteiger partial charge in [-0.15, -0.1) is 0 Å². The van der Waals surface area contributed by atoms with E-state index in [4.69, 9.17) is 12.2 Å². The van der Waals surface area contributed by atoms with Gasteiger partial charge in [0.05, 0.1) is 37.1 Å². The summed E-state index contributed by atoms with van der Waals surface area (Å²) < 4.78 is 2.05. The normalized spacial score (nSPS) is 15.6. The second-order valence-corrected chi connectivity index (χ2v) is 8.40. The second kappa shape index (κ2) is 10.2. The molecule has 1 amide bonds. The molecule has 2 aromatic rings. The largest absolute Gasteiger partial charge is 0.349 e. The average molecular weight is 418 g/mol. The summed E-state index contributed by atoms with van der Waals surface area (Å²) in [5, 5.41) is 3.73. The van der Waals surface area contributed by atoms with Gasteiger partial charge in [0.25, 0.3) is 11.5 Å². The number of nitrogens with zero attached hydrogens (tertiary/aromatic N) is 1. The van der Waals surface area contributed by atoms with Crippen molar-refractivity contribution in [2.45, 2.75) is 65.0 Å². The SMILES string of the molecule is CC[NH+](CC)CCn1c(=S)[nH]c2cc(C(=O)NC3CCCCCC3)ccc2c1=O. The van der Waals surface area contributed by atoms with Gasteiger partial charge in [-0.1, -0.05) is 25.7 Å². The van der Waals surface area contributed by atoms with Crippen molar-refractivity contribution in [3.8, 4) is 0 Å². The monoisotopic (exact) mass is 417 g/mol. The van der Waals surface area contributed by atoms with Crippen LogP contribution in [0, 0.1) is 4.77 Å². The summed E-state index contributed by atoms with van der Waals surface area (Å²) in [5.41, 5.74) is 1.10. The van der Waals surface area contributed by atoms with Crippen LogP contribution in [0.5, 0.6) is 0 Å². The van der Waals surface area contributed by atoms with Gasteiger partial charge in [-0.3, -0.25) is 14.2 Å². The molecular formula is C22H33N4O2S+. The highest BCUT2D eigenvalue weighted by atomic mass is 32.1. The molecule has 6 nitrogen and oxygen atoms in total. The molecule has 1 aromatic heterocycles. The van der Waals surface area contributed by atoms with Crippen molar-refractivity contribution in [1.82, 2.24) is 14.9 Å². The smallest absolute Gasteiger partial charge is 0.262 e. The molecule has 158 valence electrons. The van der Waals surface area contributed by atoms with Crippen molar-refractivity contribution in [3.05, 3.63) is 38.9 Å². The molecule has 7 heteroatoms. The number of aromatic nitrogens is 2. The third-order valence-electron chi connectivity index (χ3n) is 6.12. The van der Waals surface area contributed by atoms with E-state index < -0.39 is 0 Å². The van der Waals surface area contributed by atoms with E-state index in [1.807, 2.05) is 0 Å². The summed E-state index contributed by atoms with van der Waals surface area (Å²) in [4.78, 5) is 30.2. The van der Waals surface area contributed by atoms with Crippen molar-refractivity contribution in [1.29, 1.82) is 0 Å². The molecule has 1 aliphatic rings. The number of carbonyl (C=O) groups is 1. The molecule has 29 heavy (non-hydrogen) atoms. The van der Waals surface area contributed by atoms with Crippen LogP contribution in [0.2, 0.25) is 0 Å². The Kier molecular flexibility index (Phi) is 7.61. The fraction of sp³-hybridized carbons (Fsp3) is 0.591. The standard InChI is InChI=1S/C22H32N4O2S/c1-3-25(4-2)13-14-26-21(28)18-12-11-16(15-19(18)24-22(26)29)20(27)23-17-9-7-5-6-8-10-17/h11-12,15,17H,3-10,13-14H2,1-2H3,(H,23,27)(H,24,29)/p+1. The third-order valence-corrected chi connectivity index (χ3v) is 6.45. The fourth-order valence-electron chi connectivity index (χ4n) is 4.16. The van der Waals surface area contributed by atoms with Gasteiger partial charge in [0, 0.05) is 11.6 Å². The van der Waals surface area contributed by atoms with Crippen LogP contribution < -0.4 is 15.8 Å². The Morgan fingerprint density at radius 1 is 1.21 bits per heavy atom. The van der Waals surface area contributed by atoms with Crippen molar-refractivity contribution in [2.24, 2.45) is 0 Å². The van der Waals surface area contributed by atoms with Crippen LogP contribution in [0.1, 0.15) is 62.7 Å². The van der Waals surface area contributed by atoms with Crippen LogP contribution in [0.3, 0.4) is 0 Å². The number of nitrogens with one attached hydrogen (secondary N) is 3. The second-order valence-electron chi connectivity index (χ2n) is 8.02. The molecule has 3 N–H and O–H groups in total. The molecule has 0 unspecified atom stereocenters. The molecule has 1 aliphatic carbocycles. The molecule has 0 aliphatic heterocycles. The number of benzene rings is 1. The maximum absolute atomic E-state index is 12.9. The predicted molar refractivity (Wildman–Crippen MR) is 119 cm³/mol. The lowest BCUT2D eigenvalue weighted by molar-refractivity contribution is -0.897. The van der Waals surface area contributed by atoms with Gasteiger partial charge in [-0.25, -0.2) is 0 Å². The third kappa shape index (κ3) is 5.34. The molecule has 0 radical (unpaired) electrons. The van der Waals surface area contributed by atoms with E-state index in [0.29, 0.717) is 27.8 Å². The van der Waals surface area contributed by atoms with Crippen molar-refractivity contribution in [2.75, 3.05) is 19.6 Å². The van der Waals surface area contributed by atoms with E-state index >= 15 is 0 Å². The fourth-order valence-corrected chi connectivity index (χ4v) is 4.45. The molecule has 0 bridgehead atoms. The van der Waals surface area contributed by atoms with Crippen LogP contribution in [0.4, 0.5) is 0 Å². The van der Waals surface area contributed by atoms with Gasteiger partial charge in [-0.05, 0) is 57.1 Å². The number of amides is 1. The predicted octanol–water partition coefficient (Wildman–Crippen LogP) is 2.44. The Bertz CT molecular complexity index is 953. The Hall–Kier alpha value is -1.99. The average Bonchev–Trinajstić information content (AvgIpc) is 2.99. The minimum absolute atomic E-state index is 0.0765. The quantitative estimate of drug-likeness (QED) is 0.479. The number of hydrogen-bond donors (Lipinski definition) is 3. The van der Waals surface area contributed by atoms with Crippen LogP contribution in [-0.2, 0) is 6.54 Å². The first-order valence-electron chi connectivity index (χ1n) is 10.9. The zero-order valence-corrected chi connectivity index (χ0v) is 18.4. The molecule has 0 spiro atoms. The number of likely N-dealkylation sites (N-methyl/N-ethyl adjacent to an activating group) is 1. The first-order chi connectivity index (χ1) is 14.0. The minimum Gasteiger partial charge on any atom is -0.349 e. The maximum Gasteiger partial charge on any atom is 0.262 e. The van der Waals surface area contributed by atoms with E-state index in [9.17, 15) is 9.59 Å². The Labute approximate surface area is 177 Å². The van der Waals surface area contributed by atoms with Gasteiger partial charge in [0.2, 0.25) is 0 Å². The summed E-state index contributed by atoms with van der Waals surface area (Å²) in [5.74, 6) is -0.0765. The van der Waals surface area contributed by atoms with Gasteiger partial charge >= 0.3 is 0 Å². The van der Waals surface area contributed by atoms with Crippen LogP contribution >= 0.6 is 12.2 Å². The lowest BCUT2D eigenvalue weighted by atomic mass is 10.1. The van der Waals surface area contributed by atoms with Crippen molar-refractivity contribution >= 4 is 29.0 Å². The summed E-state index contributed by atoms with van der Waals surface area (Å²) in [6, 6.07) is 5.48. The molecule has 1 aromatic carbocycles. The molecule has 1 saturated carbocycles. The molecule has 3 rings (SSSR count). The molecule has 0 saturated heterocycles. The van der Waals surface area contributed by atoms with Crippen LogP contribution in [0.25, 0.3) is 10.9 Å². The number of rotatable bonds is 7. The summed E-state index contributed by atoms with van der Waals surface area (Å²) in [7, 11) is 0. The van der Waals surface area contributed by atoms with Gasteiger partial charge in [0.1, 0.15) is 0 Å². The zero-order valence-electron chi connectivity index (χ0n) is 17.6. The Balaban J connectivity index is 1.81. The first-order valence-corrected chi connectivity index (χ1v) is 11.4. The van der Waals surface area contributed by atoms with E-state index in [0.717, 1.165) is 32.5 Å². The number of aromatic amines is 1. The maximum atomic E-state index is 12.9. The van der Waals surface area contributed by atoms with E-state index in [1.165, 1.54) is 30.6 Å². The van der Waals surface area contributed by atoms with Crippen LogP contribution in [0.15, 0.2) is 23.0 Å². The lowest BCUT2D eigenvalue weighted by Crippen LogP contribution is -3.11. The highest BCUT2D eigenvalue weighted by Gasteiger charge is 2.17. The van der Waals surface area contributed by atoms with Crippen molar-refractivity contribution < 1.29 is 9.69 Å². The van der Waals surface area contributed by atoms with E-state index in [-0.39, 0.29) is 17.5 Å². The highest BCUT2D eigenvalue weighted by molar-refractivity contribution is 7.71. The number of H-pyrrole nitrogens is 1. The van der Waals surface area contributed by atoms with Gasteiger partial charge < -0.3 is 15.2 Å². The number of hydrogen-bond acceptors (Lipinski definition) is 3. The van der Waals surface area contributed by atoms with Crippen LogP contribution in [-0.4, -0.2) is 41.1 Å². The van der Waals surface area contributed by atoms with E-state index in [1.54, 1.807) is 22.8 Å². The van der Waals surface area contributed by atoms with E-state index in [2.05, 4.69) is 24.1 Å². The summed E-state index contributed by atoms with van der Waals surface area (Å²) in [6.07, 6.45) is 6.93. The number of fused-ring (bicyclic) bond motifs is 1. The Morgan fingerprint density at radius 3 is 2.55 bits per heavy atom. The summed E-state index contributed by atoms with van der Waals surface area (Å²) >= 11 is 5.44. The Morgan fingerprint density at radius 2 is 1.90 bits per heavy atom. The van der Waals surface area contributed by atoms with Crippen molar-refractivity contribution in [3.63, 3.8) is 0 Å². The first kappa shape index (κ1) is 21.7. The molecule has 0 atom stereocenters. The molecule has 1 heterocycles. The number of carbonyl (C=O) groups excluding carboxylic acids is 1. The minimum atomic E-state index is -0.0916. The van der Waals surface area contributed by atoms with Gasteiger partial charge in [0.15, 0.2) is 4.77 Å². The molecular weight excluding hydrogens is 384 g/mol. The number of quaternary nitrogens is 1. The summed E-state index contributed by atoms with van der Waals surface area (Å²) in [6.45, 7) is 7.78. The highest BCUT2D eigenvalue weighted by Crippen LogP contribution is 2.18. The topological polar surface area (TPSA) is 71.3 Å². The molecule has 1 fully saturated rings. The lowest BCUT2D eigenvalue weighted by Gasteiger charge is -2.17. The van der Waals surface area contributed by atoms with Gasteiger partial charge in [-0.2, -0.15) is 0 Å². The zero-order chi connectivity index (χ0) is 20.8.